The number of hydrogen-bond donors (Lipinski definition) is 1. The van der Waals surface area contributed by atoms with Crippen LogP contribution in [0.1, 0.15) is 23.5 Å². The molecule has 0 aliphatic rings. The number of halogens is 1. The van der Waals surface area contributed by atoms with Crippen LogP contribution in [0, 0.1) is 5.82 Å². The van der Waals surface area contributed by atoms with Crippen LogP contribution >= 0.6 is 11.3 Å². The van der Waals surface area contributed by atoms with Gasteiger partial charge in [0.25, 0.3) is 0 Å². The molecule has 1 N–H and O–H groups in total. The number of carboxylic acid groups (broad SMARTS) is 1. The number of anilines is 1. The maximum Gasteiger partial charge on any atom is 0.234 e. The molecule has 21 heavy (non-hydrogen) atoms. The Morgan fingerprint density at radius 1 is 1.38 bits per heavy atom. The van der Waals surface area contributed by atoms with Crippen molar-refractivity contribution in [3.63, 3.8) is 0 Å². The van der Waals surface area contributed by atoms with Gasteiger partial charge in [0.05, 0.1) is 11.6 Å². The molecule has 1 aromatic heterocycles. The second kappa shape index (κ2) is 6.45. The number of amides is 1. The van der Waals surface area contributed by atoms with Crippen LogP contribution in [0.4, 0.5) is 10.1 Å². The van der Waals surface area contributed by atoms with Crippen LogP contribution in [0.5, 0.6) is 0 Å². The van der Waals surface area contributed by atoms with Gasteiger partial charge in [0.1, 0.15) is 10.8 Å². The first-order valence-corrected chi connectivity index (χ1v) is 7.04. The molecule has 0 saturated heterocycles. The number of hydrogen-bond acceptors (Lipinski definition) is 5. The van der Waals surface area contributed by atoms with Crippen LogP contribution in [0.2, 0.25) is 0 Å². The van der Waals surface area contributed by atoms with Crippen LogP contribution in [0.25, 0.3) is 0 Å². The number of aromatic nitrogens is 1. The van der Waals surface area contributed by atoms with E-state index in [-0.39, 0.29) is 18.1 Å². The Morgan fingerprint density at radius 2 is 2.05 bits per heavy atom. The molecule has 0 saturated carbocycles. The summed E-state index contributed by atoms with van der Waals surface area (Å²) in [7, 11) is 0. The molecule has 2 rings (SSSR count). The molecule has 0 unspecified atom stereocenters. The maximum absolute atomic E-state index is 12.8. The third-order valence-electron chi connectivity index (χ3n) is 2.77. The fourth-order valence-electron chi connectivity index (χ4n) is 1.65. The SMILES string of the molecule is C[C@H](C(=O)Nc1ccc(F)cc1)c1nc(CC(=O)[O-])cs1. The Labute approximate surface area is 124 Å². The van der Waals surface area contributed by atoms with Crippen molar-refractivity contribution in [2.24, 2.45) is 0 Å². The van der Waals surface area contributed by atoms with Crippen molar-refractivity contribution < 1.29 is 19.1 Å². The minimum atomic E-state index is -1.21. The first-order chi connectivity index (χ1) is 9.95. The molecule has 2 aromatic rings. The molecular formula is C14H12FN2O3S-. The Balaban J connectivity index is 2.03. The molecule has 0 spiro atoms. The quantitative estimate of drug-likeness (QED) is 0.903. The summed E-state index contributed by atoms with van der Waals surface area (Å²) in [6, 6.07) is 5.43. The molecule has 1 heterocycles. The van der Waals surface area contributed by atoms with Crippen molar-refractivity contribution in [1.29, 1.82) is 0 Å². The van der Waals surface area contributed by atoms with E-state index in [1.54, 1.807) is 12.3 Å². The summed E-state index contributed by atoms with van der Waals surface area (Å²) < 4.78 is 12.8. The molecular weight excluding hydrogens is 295 g/mol. The number of rotatable bonds is 5. The van der Waals surface area contributed by atoms with Gasteiger partial charge in [-0.1, -0.05) is 0 Å². The summed E-state index contributed by atoms with van der Waals surface area (Å²) in [5, 5.41) is 15.3. The number of carbonyl (C=O) groups is 2. The molecule has 7 heteroatoms. The van der Waals surface area contributed by atoms with E-state index in [1.807, 2.05) is 0 Å². The van der Waals surface area contributed by atoms with E-state index in [4.69, 9.17) is 0 Å². The maximum atomic E-state index is 12.8. The summed E-state index contributed by atoms with van der Waals surface area (Å²) in [6.45, 7) is 1.67. The molecule has 5 nitrogen and oxygen atoms in total. The van der Waals surface area contributed by atoms with Gasteiger partial charge in [-0.2, -0.15) is 0 Å². The first-order valence-electron chi connectivity index (χ1n) is 6.16. The largest absolute Gasteiger partial charge is 0.550 e. The Bertz CT molecular complexity index is 654. The smallest absolute Gasteiger partial charge is 0.234 e. The molecule has 0 aliphatic heterocycles. The van der Waals surface area contributed by atoms with Crippen LogP contribution in [0.3, 0.4) is 0 Å². The Hall–Kier alpha value is -2.28. The van der Waals surface area contributed by atoms with Gasteiger partial charge in [0.15, 0.2) is 0 Å². The van der Waals surface area contributed by atoms with E-state index < -0.39 is 11.9 Å². The highest BCUT2D eigenvalue weighted by atomic mass is 32.1. The van der Waals surface area contributed by atoms with Gasteiger partial charge < -0.3 is 15.2 Å². The van der Waals surface area contributed by atoms with E-state index in [2.05, 4.69) is 10.3 Å². The number of nitrogens with one attached hydrogen (secondary N) is 1. The van der Waals surface area contributed by atoms with Crippen molar-refractivity contribution in [3.05, 3.63) is 46.2 Å². The van der Waals surface area contributed by atoms with Crippen LogP contribution < -0.4 is 10.4 Å². The summed E-state index contributed by atoms with van der Waals surface area (Å²) >= 11 is 1.22. The minimum Gasteiger partial charge on any atom is -0.550 e. The van der Waals surface area contributed by atoms with Crippen molar-refractivity contribution >= 4 is 28.9 Å². The highest BCUT2D eigenvalue weighted by molar-refractivity contribution is 7.09. The fourth-order valence-corrected chi connectivity index (χ4v) is 2.52. The number of benzene rings is 1. The zero-order valence-corrected chi connectivity index (χ0v) is 11.9. The second-order valence-corrected chi connectivity index (χ2v) is 5.33. The van der Waals surface area contributed by atoms with Gasteiger partial charge in [-0.05, 0) is 31.2 Å². The zero-order chi connectivity index (χ0) is 15.4. The number of carboxylic acids is 1. The lowest BCUT2D eigenvalue weighted by molar-refractivity contribution is -0.304. The molecule has 0 bridgehead atoms. The van der Waals surface area contributed by atoms with Gasteiger partial charge in [-0.25, -0.2) is 9.37 Å². The predicted octanol–water partition coefficient (Wildman–Crippen LogP) is 1.32. The van der Waals surface area contributed by atoms with Crippen molar-refractivity contribution in [3.8, 4) is 0 Å². The number of carbonyl (C=O) groups excluding carboxylic acids is 2. The molecule has 0 aliphatic carbocycles. The average molecular weight is 307 g/mol. The van der Waals surface area contributed by atoms with Crippen LogP contribution in [-0.4, -0.2) is 16.9 Å². The molecule has 1 atom stereocenters. The zero-order valence-electron chi connectivity index (χ0n) is 11.1. The monoisotopic (exact) mass is 307 g/mol. The Kier molecular flexibility index (Phi) is 4.64. The van der Waals surface area contributed by atoms with E-state index in [1.165, 1.54) is 35.6 Å². The third kappa shape index (κ3) is 4.09. The summed E-state index contributed by atoms with van der Waals surface area (Å²) in [6.07, 6.45) is -0.275. The standard InChI is InChI=1S/C14H13FN2O3S/c1-8(14-17-11(7-21-14)6-12(18)19)13(20)16-10-4-2-9(15)3-5-10/h2-5,7-8H,6H2,1H3,(H,16,20)(H,18,19)/p-1/t8-/m1/s1. The lowest BCUT2D eigenvalue weighted by Gasteiger charge is -2.09. The average Bonchev–Trinajstić information content (AvgIpc) is 2.88. The lowest BCUT2D eigenvalue weighted by atomic mass is 10.1. The van der Waals surface area contributed by atoms with Crippen molar-refractivity contribution in [2.45, 2.75) is 19.3 Å². The normalized spacial score (nSPS) is 11.9. The lowest BCUT2D eigenvalue weighted by Crippen LogP contribution is -2.24. The van der Waals surface area contributed by atoms with Gasteiger partial charge in [-0.3, -0.25) is 4.79 Å². The summed E-state index contributed by atoms with van der Waals surface area (Å²) in [5.74, 6) is -2.42. The molecule has 0 fully saturated rings. The Morgan fingerprint density at radius 3 is 2.67 bits per heavy atom. The van der Waals surface area contributed by atoms with Crippen molar-refractivity contribution in [1.82, 2.24) is 4.98 Å². The highest BCUT2D eigenvalue weighted by Crippen LogP contribution is 2.22. The summed E-state index contributed by atoms with van der Waals surface area (Å²) in [5.41, 5.74) is 0.858. The fraction of sp³-hybridized carbons (Fsp3) is 0.214. The van der Waals surface area contributed by atoms with E-state index >= 15 is 0 Å². The van der Waals surface area contributed by atoms with Gasteiger partial charge >= 0.3 is 0 Å². The molecule has 0 radical (unpaired) electrons. The van der Waals surface area contributed by atoms with Gasteiger partial charge in [0.2, 0.25) is 5.91 Å². The first kappa shape index (κ1) is 15.1. The van der Waals surface area contributed by atoms with Crippen LogP contribution in [-0.2, 0) is 16.0 Å². The number of aliphatic carboxylic acids is 1. The van der Waals surface area contributed by atoms with Gasteiger partial charge in [-0.15, -0.1) is 11.3 Å². The summed E-state index contributed by atoms with van der Waals surface area (Å²) in [4.78, 5) is 26.7. The predicted molar refractivity (Wildman–Crippen MR) is 74.3 cm³/mol. The third-order valence-corrected chi connectivity index (χ3v) is 3.85. The number of thiazole rings is 1. The van der Waals surface area contributed by atoms with E-state index in [9.17, 15) is 19.1 Å². The molecule has 1 aromatic carbocycles. The highest BCUT2D eigenvalue weighted by Gasteiger charge is 2.19. The van der Waals surface area contributed by atoms with Crippen LogP contribution in [0.15, 0.2) is 29.6 Å². The second-order valence-electron chi connectivity index (χ2n) is 4.44. The minimum absolute atomic E-state index is 0.275. The van der Waals surface area contributed by atoms with Gasteiger partial charge in [0, 0.05) is 23.5 Å². The van der Waals surface area contributed by atoms with E-state index in [0.717, 1.165) is 0 Å². The topological polar surface area (TPSA) is 82.1 Å². The molecule has 1 amide bonds. The van der Waals surface area contributed by atoms with Crippen molar-refractivity contribution in [2.75, 3.05) is 5.32 Å². The number of nitrogens with zero attached hydrogens (tertiary/aromatic N) is 1. The van der Waals surface area contributed by atoms with E-state index in [0.29, 0.717) is 16.4 Å². The molecule has 110 valence electrons.